The molecule has 1 aliphatic carbocycles. The van der Waals surface area contributed by atoms with Crippen LogP contribution in [0.3, 0.4) is 0 Å². The summed E-state index contributed by atoms with van der Waals surface area (Å²) in [6.07, 6.45) is 5.94. The monoisotopic (exact) mass is 270 g/mol. The first-order valence-electron chi connectivity index (χ1n) is 7.42. The maximum atomic E-state index is 12.5. The third kappa shape index (κ3) is 2.55. The quantitative estimate of drug-likeness (QED) is 0.833. The topological polar surface area (TPSA) is 32.3 Å². The summed E-state index contributed by atoms with van der Waals surface area (Å²) in [4.78, 5) is 14.7. The van der Waals surface area contributed by atoms with E-state index in [1.165, 1.54) is 19.3 Å². The Morgan fingerprint density at radius 3 is 2.67 bits per heavy atom. The van der Waals surface area contributed by atoms with Crippen molar-refractivity contribution in [3.8, 4) is 0 Å². The molecule has 2 fully saturated rings. The van der Waals surface area contributed by atoms with E-state index in [1.54, 1.807) is 0 Å². The number of amides is 1. The van der Waals surface area contributed by atoms with Crippen molar-refractivity contribution in [1.82, 2.24) is 10.2 Å². The Hall–Kier alpha value is -0.220. The van der Waals surface area contributed by atoms with Gasteiger partial charge in [0.25, 0.3) is 0 Å². The van der Waals surface area contributed by atoms with Crippen molar-refractivity contribution in [2.75, 3.05) is 5.75 Å². The molecule has 4 unspecified atom stereocenters. The molecule has 1 saturated carbocycles. The minimum atomic E-state index is 0.0582. The van der Waals surface area contributed by atoms with Gasteiger partial charge in [0, 0.05) is 11.3 Å². The van der Waals surface area contributed by atoms with Crippen LogP contribution in [-0.2, 0) is 4.79 Å². The van der Waals surface area contributed by atoms with Gasteiger partial charge < -0.3 is 4.90 Å². The maximum absolute atomic E-state index is 12.5. The van der Waals surface area contributed by atoms with Crippen LogP contribution in [0.15, 0.2) is 0 Å². The van der Waals surface area contributed by atoms with Gasteiger partial charge in [-0.05, 0) is 31.4 Å². The van der Waals surface area contributed by atoms with Crippen molar-refractivity contribution < 1.29 is 4.79 Å². The van der Waals surface area contributed by atoms with Crippen molar-refractivity contribution in [2.45, 2.75) is 76.4 Å². The molecule has 1 saturated heterocycles. The van der Waals surface area contributed by atoms with Crippen molar-refractivity contribution >= 4 is 17.7 Å². The van der Waals surface area contributed by atoms with Gasteiger partial charge in [-0.1, -0.05) is 27.2 Å². The number of nitrogens with one attached hydrogen (secondary N) is 1. The van der Waals surface area contributed by atoms with E-state index >= 15 is 0 Å². The zero-order valence-corrected chi connectivity index (χ0v) is 12.6. The molecule has 3 nitrogen and oxygen atoms in total. The van der Waals surface area contributed by atoms with Crippen LogP contribution in [0.4, 0.5) is 0 Å². The lowest BCUT2D eigenvalue weighted by molar-refractivity contribution is -0.132. The van der Waals surface area contributed by atoms with Crippen LogP contribution < -0.4 is 5.32 Å². The second-order valence-corrected chi connectivity index (χ2v) is 6.81. The lowest BCUT2D eigenvalue weighted by atomic mass is 10.1. The van der Waals surface area contributed by atoms with Crippen molar-refractivity contribution in [3.63, 3.8) is 0 Å². The van der Waals surface area contributed by atoms with E-state index in [-0.39, 0.29) is 12.2 Å². The van der Waals surface area contributed by atoms with E-state index < -0.39 is 0 Å². The summed E-state index contributed by atoms with van der Waals surface area (Å²) in [5, 5.41) is 4.15. The molecule has 0 aromatic heterocycles. The largest absolute Gasteiger partial charge is 0.322 e. The first-order chi connectivity index (χ1) is 8.72. The summed E-state index contributed by atoms with van der Waals surface area (Å²) in [5.74, 6) is 1.50. The Kier molecular flexibility index (Phi) is 4.96. The molecule has 0 spiro atoms. The number of rotatable bonds is 5. The molecular formula is C14H26N2OS. The summed E-state index contributed by atoms with van der Waals surface area (Å²) < 4.78 is 0. The normalized spacial score (nSPS) is 36.6. The minimum Gasteiger partial charge on any atom is -0.322 e. The summed E-state index contributed by atoms with van der Waals surface area (Å²) in [7, 11) is 0. The molecule has 2 aliphatic rings. The molecule has 2 rings (SSSR count). The molecule has 1 amide bonds. The number of carbonyl (C=O) groups excluding carboxylic acids is 1. The predicted molar refractivity (Wildman–Crippen MR) is 77.7 cm³/mol. The van der Waals surface area contributed by atoms with Gasteiger partial charge in [0.15, 0.2) is 0 Å². The summed E-state index contributed by atoms with van der Waals surface area (Å²) in [5.41, 5.74) is 0. The number of nitrogens with zero attached hydrogens (tertiary/aromatic N) is 1. The highest BCUT2D eigenvalue weighted by Gasteiger charge is 2.44. The minimum absolute atomic E-state index is 0.0582. The fourth-order valence-corrected chi connectivity index (χ4v) is 4.60. The van der Waals surface area contributed by atoms with E-state index in [4.69, 9.17) is 0 Å². The van der Waals surface area contributed by atoms with Crippen LogP contribution in [0.1, 0.15) is 52.9 Å². The molecule has 104 valence electrons. The van der Waals surface area contributed by atoms with Gasteiger partial charge in [-0.15, -0.1) is 0 Å². The van der Waals surface area contributed by atoms with E-state index in [0.29, 0.717) is 17.2 Å². The number of carbonyl (C=O) groups is 1. The van der Waals surface area contributed by atoms with Gasteiger partial charge in [0.05, 0.1) is 12.2 Å². The van der Waals surface area contributed by atoms with Crippen LogP contribution in [0.25, 0.3) is 0 Å². The van der Waals surface area contributed by atoms with E-state index in [1.807, 2.05) is 11.8 Å². The maximum Gasteiger partial charge on any atom is 0.241 e. The van der Waals surface area contributed by atoms with Gasteiger partial charge in [-0.25, -0.2) is 0 Å². The standard InChI is InChI=1S/C14H26N2OS/c1-4-10-14(17)16(13(5-2)15-10)11-8-7-9-12(11)18-6-3/h10-13,15H,4-9H2,1-3H3. The summed E-state index contributed by atoms with van der Waals surface area (Å²) >= 11 is 2.04. The van der Waals surface area contributed by atoms with Gasteiger partial charge in [0.2, 0.25) is 5.91 Å². The zero-order chi connectivity index (χ0) is 13.1. The van der Waals surface area contributed by atoms with Crippen LogP contribution >= 0.6 is 11.8 Å². The second-order valence-electron chi connectivity index (χ2n) is 5.29. The highest BCUT2D eigenvalue weighted by molar-refractivity contribution is 7.99. The molecular weight excluding hydrogens is 244 g/mol. The second kappa shape index (κ2) is 6.29. The Bertz CT molecular complexity index is 298. The Morgan fingerprint density at radius 1 is 1.28 bits per heavy atom. The number of thioether (sulfide) groups is 1. The van der Waals surface area contributed by atoms with Gasteiger partial charge in [0.1, 0.15) is 0 Å². The van der Waals surface area contributed by atoms with E-state index in [9.17, 15) is 4.79 Å². The Balaban J connectivity index is 2.11. The fourth-order valence-electron chi connectivity index (χ4n) is 3.35. The van der Waals surface area contributed by atoms with Crippen molar-refractivity contribution in [2.24, 2.45) is 0 Å². The number of hydrogen-bond donors (Lipinski definition) is 1. The third-order valence-corrected chi connectivity index (χ3v) is 5.54. The third-order valence-electron chi connectivity index (χ3n) is 4.23. The van der Waals surface area contributed by atoms with Crippen LogP contribution in [0, 0.1) is 0 Å². The molecule has 0 aromatic rings. The summed E-state index contributed by atoms with van der Waals surface area (Å²) in [6, 6.07) is 0.527. The average Bonchev–Trinajstić information content (AvgIpc) is 2.93. The van der Waals surface area contributed by atoms with Crippen molar-refractivity contribution in [1.29, 1.82) is 0 Å². The lowest BCUT2D eigenvalue weighted by Crippen LogP contribution is -2.47. The van der Waals surface area contributed by atoms with Crippen molar-refractivity contribution in [3.05, 3.63) is 0 Å². The molecule has 0 radical (unpaired) electrons. The first-order valence-corrected chi connectivity index (χ1v) is 8.47. The highest BCUT2D eigenvalue weighted by Crippen LogP contribution is 2.36. The zero-order valence-electron chi connectivity index (χ0n) is 11.8. The molecule has 0 aromatic carbocycles. The molecule has 1 N–H and O–H groups in total. The van der Waals surface area contributed by atoms with Gasteiger partial charge in [-0.3, -0.25) is 10.1 Å². The van der Waals surface area contributed by atoms with Crippen LogP contribution in [0.5, 0.6) is 0 Å². The molecule has 1 aliphatic heterocycles. The SMILES string of the molecule is CCSC1CCCC1N1C(=O)C(CC)NC1CC. The molecule has 4 heteroatoms. The predicted octanol–water partition coefficient (Wildman–Crippen LogP) is 2.61. The molecule has 1 heterocycles. The van der Waals surface area contributed by atoms with Crippen LogP contribution in [0.2, 0.25) is 0 Å². The Morgan fingerprint density at radius 2 is 2.06 bits per heavy atom. The smallest absolute Gasteiger partial charge is 0.241 e. The highest BCUT2D eigenvalue weighted by atomic mass is 32.2. The Labute approximate surface area is 115 Å². The molecule has 18 heavy (non-hydrogen) atoms. The van der Waals surface area contributed by atoms with E-state index in [2.05, 4.69) is 31.0 Å². The number of hydrogen-bond acceptors (Lipinski definition) is 3. The summed E-state index contributed by atoms with van der Waals surface area (Å²) in [6.45, 7) is 6.49. The van der Waals surface area contributed by atoms with Crippen LogP contribution in [-0.4, -0.2) is 40.1 Å². The van der Waals surface area contributed by atoms with E-state index in [0.717, 1.165) is 18.6 Å². The fraction of sp³-hybridized carbons (Fsp3) is 0.929. The average molecular weight is 270 g/mol. The molecule has 0 bridgehead atoms. The van der Waals surface area contributed by atoms with Gasteiger partial charge in [-0.2, -0.15) is 11.8 Å². The lowest BCUT2D eigenvalue weighted by Gasteiger charge is -2.33. The first kappa shape index (κ1) is 14.2. The molecule has 4 atom stereocenters. The van der Waals surface area contributed by atoms with Gasteiger partial charge >= 0.3 is 0 Å².